The number of carbonyl (C=O) groups excluding carboxylic acids is 2. The van der Waals surface area contributed by atoms with E-state index in [1.807, 2.05) is 0 Å². The minimum atomic E-state index is -0.616. The predicted molar refractivity (Wildman–Crippen MR) is 110 cm³/mol. The molecule has 154 valence electrons. The number of nitrogens with one attached hydrogen (secondary N) is 1. The number of benzene rings is 2. The molecule has 1 aromatic heterocycles. The number of nitrogen functional groups attached to an aromatic ring is 2. The van der Waals surface area contributed by atoms with Gasteiger partial charge in [-0.25, -0.2) is 9.18 Å². The molecule has 3 aromatic rings. The Hall–Kier alpha value is -3.73. The van der Waals surface area contributed by atoms with Gasteiger partial charge in [-0.15, -0.1) is 11.8 Å². The number of hydrogen-bond donors (Lipinski definition) is 3. The maximum absolute atomic E-state index is 12.9. The molecule has 1 heterocycles. The number of esters is 1. The van der Waals surface area contributed by atoms with Crippen LogP contribution in [0, 0.1) is 5.82 Å². The van der Waals surface area contributed by atoms with E-state index in [0.29, 0.717) is 10.6 Å². The number of hydrogen-bond acceptors (Lipinski definition) is 9. The van der Waals surface area contributed by atoms with Crippen LogP contribution in [-0.4, -0.2) is 32.6 Å². The number of halogens is 1. The van der Waals surface area contributed by atoms with Crippen molar-refractivity contribution in [2.75, 3.05) is 22.5 Å². The normalized spacial score (nSPS) is 10.4. The van der Waals surface area contributed by atoms with E-state index in [1.54, 1.807) is 24.3 Å². The van der Waals surface area contributed by atoms with Gasteiger partial charge in [0.15, 0.2) is 12.4 Å². The molecule has 0 spiro atoms. The Labute approximate surface area is 175 Å². The summed E-state index contributed by atoms with van der Waals surface area (Å²) in [6, 6.07) is 12.1. The van der Waals surface area contributed by atoms with E-state index in [1.165, 1.54) is 24.3 Å². The average Bonchev–Trinajstić information content (AvgIpc) is 2.72. The smallest absolute Gasteiger partial charge is 0.339 e. The Morgan fingerprint density at radius 1 is 1.00 bits per heavy atom. The number of amides is 1. The summed E-state index contributed by atoms with van der Waals surface area (Å²) in [6.07, 6.45) is 0. The maximum atomic E-state index is 12.9. The highest BCUT2D eigenvalue weighted by Crippen LogP contribution is 2.24. The van der Waals surface area contributed by atoms with Crippen LogP contribution in [0.25, 0.3) is 0 Å². The SMILES string of the molecule is Nc1nc(N)nc(COC(=O)c2ccccc2SCC(=O)Nc2ccc(F)cc2)n1. The molecule has 0 aliphatic carbocycles. The third-order valence-corrected chi connectivity index (χ3v) is 4.72. The van der Waals surface area contributed by atoms with Crippen molar-refractivity contribution in [3.63, 3.8) is 0 Å². The second kappa shape index (κ2) is 9.65. The summed E-state index contributed by atoms with van der Waals surface area (Å²) in [5, 5.41) is 2.66. The van der Waals surface area contributed by atoms with Gasteiger partial charge in [-0.05, 0) is 36.4 Å². The van der Waals surface area contributed by atoms with Crippen molar-refractivity contribution in [2.45, 2.75) is 11.5 Å². The van der Waals surface area contributed by atoms with Crippen molar-refractivity contribution in [2.24, 2.45) is 0 Å². The van der Waals surface area contributed by atoms with Gasteiger partial charge in [-0.2, -0.15) is 15.0 Å². The van der Waals surface area contributed by atoms with E-state index >= 15 is 0 Å². The van der Waals surface area contributed by atoms with Gasteiger partial charge in [0.25, 0.3) is 0 Å². The van der Waals surface area contributed by atoms with Gasteiger partial charge in [0.05, 0.1) is 11.3 Å². The molecule has 0 saturated heterocycles. The lowest BCUT2D eigenvalue weighted by Gasteiger charge is -2.10. The molecular formula is C19H17FN6O3S. The number of nitrogens with zero attached hydrogens (tertiary/aromatic N) is 3. The van der Waals surface area contributed by atoms with Gasteiger partial charge < -0.3 is 21.5 Å². The molecule has 30 heavy (non-hydrogen) atoms. The van der Waals surface area contributed by atoms with E-state index in [2.05, 4.69) is 20.3 Å². The lowest BCUT2D eigenvalue weighted by molar-refractivity contribution is -0.113. The molecular weight excluding hydrogens is 411 g/mol. The topological polar surface area (TPSA) is 146 Å². The van der Waals surface area contributed by atoms with Crippen LogP contribution in [0.2, 0.25) is 0 Å². The van der Waals surface area contributed by atoms with Crippen LogP contribution in [0.15, 0.2) is 53.4 Å². The first-order chi connectivity index (χ1) is 14.4. The third-order valence-electron chi connectivity index (χ3n) is 3.64. The number of ether oxygens (including phenoxy) is 1. The van der Waals surface area contributed by atoms with Crippen molar-refractivity contribution in [3.05, 3.63) is 65.7 Å². The van der Waals surface area contributed by atoms with Crippen molar-refractivity contribution >= 4 is 41.2 Å². The van der Waals surface area contributed by atoms with E-state index in [9.17, 15) is 14.0 Å². The Morgan fingerprint density at radius 3 is 2.37 bits per heavy atom. The number of anilines is 3. The van der Waals surface area contributed by atoms with Gasteiger partial charge in [0, 0.05) is 10.6 Å². The summed E-state index contributed by atoms with van der Waals surface area (Å²) in [4.78, 5) is 36.5. The number of carbonyl (C=O) groups is 2. The molecule has 9 nitrogen and oxygen atoms in total. The summed E-state index contributed by atoms with van der Waals surface area (Å²) in [6.45, 7) is -0.236. The highest BCUT2D eigenvalue weighted by atomic mass is 32.2. The van der Waals surface area contributed by atoms with Gasteiger partial charge >= 0.3 is 5.97 Å². The summed E-state index contributed by atoms with van der Waals surface area (Å²) < 4.78 is 18.2. The van der Waals surface area contributed by atoms with Gasteiger partial charge in [-0.1, -0.05) is 12.1 Å². The lowest BCUT2D eigenvalue weighted by atomic mass is 10.2. The first kappa shape index (κ1) is 21.0. The predicted octanol–water partition coefficient (Wildman–Crippen LogP) is 2.26. The Bertz CT molecular complexity index is 1040. The molecule has 0 bridgehead atoms. The average molecular weight is 428 g/mol. The molecule has 11 heteroatoms. The van der Waals surface area contributed by atoms with Crippen molar-refractivity contribution < 1.29 is 18.7 Å². The van der Waals surface area contributed by atoms with Crippen LogP contribution in [-0.2, 0) is 16.1 Å². The summed E-state index contributed by atoms with van der Waals surface area (Å²) >= 11 is 1.16. The number of aromatic nitrogens is 3. The molecule has 5 N–H and O–H groups in total. The number of rotatable bonds is 7. The highest BCUT2D eigenvalue weighted by Gasteiger charge is 2.15. The fourth-order valence-electron chi connectivity index (χ4n) is 2.36. The molecule has 0 aliphatic rings. The molecule has 0 atom stereocenters. The zero-order valence-corrected chi connectivity index (χ0v) is 16.4. The van der Waals surface area contributed by atoms with Crippen LogP contribution in [0.3, 0.4) is 0 Å². The second-order valence-electron chi connectivity index (χ2n) is 5.88. The zero-order valence-electron chi connectivity index (χ0n) is 15.5. The largest absolute Gasteiger partial charge is 0.454 e. The Balaban J connectivity index is 1.59. The molecule has 0 fully saturated rings. The monoisotopic (exact) mass is 428 g/mol. The van der Waals surface area contributed by atoms with Gasteiger partial charge in [-0.3, -0.25) is 4.79 Å². The fourth-order valence-corrected chi connectivity index (χ4v) is 3.20. The van der Waals surface area contributed by atoms with Crippen molar-refractivity contribution in [1.82, 2.24) is 15.0 Å². The van der Waals surface area contributed by atoms with Crippen molar-refractivity contribution in [3.8, 4) is 0 Å². The minimum Gasteiger partial charge on any atom is -0.454 e. The Morgan fingerprint density at radius 2 is 1.67 bits per heavy atom. The third kappa shape index (κ3) is 5.88. The van der Waals surface area contributed by atoms with E-state index < -0.39 is 11.8 Å². The summed E-state index contributed by atoms with van der Waals surface area (Å²) in [7, 11) is 0. The fraction of sp³-hybridized carbons (Fsp3) is 0.105. The molecule has 0 unspecified atom stereocenters. The number of nitrogens with two attached hydrogens (primary N) is 2. The lowest BCUT2D eigenvalue weighted by Crippen LogP contribution is -2.15. The number of thioether (sulfide) groups is 1. The molecule has 0 aliphatic heterocycles. The Kier molecular flexibility index (Phi) is 6.75. The van der Waals surface area contributed by atoms with Crippen LogP contribution in [0.1, 0.15) is 16.2 Å². The second-order valence-corrected chi connectivity index (χ2v) is 6.90. The standard InChI is InChI=1S/C19H17FN6O3S/c20-11-5-7-12(8-6-11)23-16(27)10-30-14-4-2-1-3-13(14)17(28)29-9-15-24-18(21)26-19(22)25-15/h1-8H,9-10H2,(H,23,27)(H4,21,22,24,25,26). The maximum Gasteiger partial charge on any atom is 0.339 e. The van der Waals surface area contributed by atoms with E-state index in [0.717, 1.165) is 11.8 Å². The van der Waals surface area contributed by atoms with Crippen LogP contribution >= 0.6 is 11.8 Å². The first-order valence-electron chi connectivity index (χ1n) is 8.61. The van der Waals surface area contributed by atoms with E-state index in [-0.39, 0.29) is 41.6 Å². The quantitative estimate of drug-likeness (QED) is 0.381. The molecule has 1 amide bonds. The molecule has 3 rings (SSSR count). The summed E-state index contributed by atoms with van der Waals surface area (Å²) in [5.74, 6) is -1.29. The minimum absolute atomic E-state index is 0.0439. The first-order valence-corrected chi connectivity index (χ1v) is 9.59. The van der Waals surface area contributed by atoms with Gasteiger partial charge in [0.2, 0.25) is 17.8 Å². The van der Waals surface area contributed by atoms with Crippen LogP contribution in [0.4, 0.5) is 22.0 Å². The summed E-state index contributed by atoms with van der Waals surface area (Å²) in [5.41, 5.74) is 11.7. The highest BCUT2D eigenvalue weighted by molar-refractivity contribution is 8.00. The van der Waals surface area contributed by atoms with Crippen LogP contribution < -0.4 is 16.8 Å². The van der Waals surface area contributed by atoms with Crippen LogP contribution in [0.5, 0.6) is 0 Å². The zero-order chi connectivity index (χ0) is 21.5. The van der Waals surface area contributed by atoms with Crippen molar-refractivity contribution in [1.29, 1.82) is 0 Å². The molecule has 2 aromatic carbocycles. The van der Waals surface area contributed by atoms with Gasteiger partial charge in [0.1, 0.15) is 5.82 Å². The van der Waals surface area contributed by atoms with E-state index in [4.69, 9.17) is 16.2 Å². The molecule has 0 saturated carbocycles. The molecule has 0 radical (unpaired) electrons.